The van der Waals surface area contributed by atoms with Crippen LogP contribution in [0.3, 0.4) is 0 Å². The molecule has 5 heteroatoms. The molecule has 3 fully saturated rings. The smallest absolute Gasteiger partial charge is 0.411 e. The van der Waals surface area contributed by atoms with Gasteiger partial charge in [-0.25, -0.2) is 4.79 Å². The number of carbonyl (C=O) groups excluding carboxylic acids is 1. The number of hydrogen-bond donors (Lipinski definition) is 1. The molecule has 0 aliphatic carbocycles. The van der Waals surface area contributed by atoms with Crippen LogP contribution in [0.2, 0.25) is 0 Å². The Kier molecular flexibility index (Phi) is 5.06. The van der Waals surface area contributed by atoms with E-state index in [1.54, 1.807) is 19.2 Å². The van der Waals surface area contributed by atoms with Crippen molar-refractivity contribution in [3.8, 4) is 5.75 Å². The number of anilines is 1. The number of rotatable bonds is 5. The Hall–Kier alpha value is -1.75. The van der Waals surface area contributed by atoms with E-state index in [0.29, 0.717) is 18.3 Å². The molecule has 4 rings (SSSR count). The predicted molar refractivity (Wildman–Crippen MR) is 89.8 cm³/mol. The fourth-order valence-electron chi connectivity index (χ4n) is 3.89. The van der Waals surface area contributed by atoms with Crippen molar-refractivity contribution >= 4 is 11.8 Å². The maximum Gasteiger partial charge on any atom is 0.411 e. The van der Waals surface area contributed by atoms with Crippen LogP contribution in [0.1, 0.15) is 26.2 Å². The van der Waals surface area contributed by atoms with Crippen molar-refractivity contribution < 1.29 is 14.3 Å². The van der Waals surface area contributed by atoms with Crippen LogP contribution in [0.15, 0.2) is 24.3 Å². The van der Waals surface area contributed by atoms with Crippen molar-refractivity contribution in [1.82, 2.24) is 4.90 Å². The Labute approximate surface area is 137 Å². The lowest BCUT2D eigenvalue weighted by Gasteiger charge is -2.49. The van der Waals surface area contributed by atoms with Crippen molar-refractivity contribution in [3.05, 3.63) is 24.3 Å². The van der Waals surface area contributed by atoms with Gasteiger partial charge in [0.25, 0.3) is 0 Å². The van der Waals surface area contributed by atoms with E-state index in [0.717, 1.165) is 37.1 Å². The lowest BCUT2D eigenvalue weighted by Crippen LogP contribution is -2.54. The highest BCUT2D eigenvalue weighted by Crippen LogP contribution is 2.37. The first-order chi connectivity index (χ1) is 11.2. The molecule has 3 saturated heterocycles. The minimum absolute atomic E-state index is 0.384. The molecule has 4 unspecified atom stereocenters. The number of amides is 1. The standard InChI is InChI=1S/C18H26N2O3/c1-3-13-11-20-9-8-14(13)10-16(20)12-23-18(21)19-15-4-6-17(22-2)7-5-15/h4-7,13-14,16H,3,8-12H2,1-2H3,(H,19,21). The predicted octanol–water partition coefficient (Wildman–Crippen LogP) is 3.36. The monoisotopic (exact) mass is 318 g/mol. The first-order valence-corrected chi connectivity index (χ1v) is 8.51. The Balaban J connectivity index is 1.46. The normalized spacial score (nSPS) is 29.1. The van der Waals surface area contributed by atoms with Gasteiger partial charge in [0, 0.05) is 18.3 Å². The highest BCUT2D eigenvalue weighted by molar-refractivity contribution is 5.84. The second-order valence-corrected chi connectivity index (χ2v) is 6.55. The fourth-order valence-corrected chi connectivity index (χ4v) is 3.89. The van der Waals surface area contributed by atoms with Crippen LogP contribution in [0, 0.1) is 11.8 Å². The number of benzene rings is 1. The molecule has 2 bridgehead atoms. The van der Waals surface area contributed by atoms with Crippen LogP contribution in [-0.2, 0) is 4.74 Å². The summed E-state index contributed by atoms with van der Waals surface area (Å²) >= 11 is 0. The third kappa shape index (κ3) is 3.78. The molecule has 1 amide bonds. The highest BCUT2D eigenvalue weighted by Gasteiger charge is 2.39. The Morgan fingerprint density at radius 3 is 2.74 bits per heavy atom. The molecule has 3 aliphatic heterocycles. The minimum atomic E-state index is -0.384. The number of carbonyl (C=O) groups is 1. The first kappa shape index (κ1) is 16.1. The molecule has 0 spiro atoms. The van der Waals surface area contributed by atoms with Gasteiger partial charge in [-0.1, -0.05) is 13.3 Å². The van der Waals surface area contributed by atoms with E-state index in [4.69, 9.17) is 9.47 Å². The van der Waals surface area contributed by atoms with Crippen LogP contribution in [0.5, 0.6) is 5.75 Å². The summed E-state index contributed by atoms with van der Waals surface area (Å²) in [6.45, 7) is 5.07. The molecule has 1 aromatic rings. The Bertz CT molecular complexity index is 532. The molecule has 0 aromatic heterocycles. The van der Waals surface area contributed by atoms with Gasteiger partial charge in [0.05, 0.1) is 7.11 Å². The molecule has 126 valence electrons. The van der Waals surface area contributed by atoms with Gasteiger partial charge in [-0.05, 0) is 55.5 Å². The number of fused-ring (bicyclic) bond motifs is 3. The molecule has 0 saturated carbocycles. The first-order valence-electron chi connectivity index (χ1n) is 8.51. The second-order valence-electron chi connectivity index (χ2n) is 6.55. The van der Waals surface area contributed by atoms with Gasteiger partial charge >= 0.3 is 6.09 Å². The van der Waals surface area contributed by atoms with Crippen molar-refractivity contribution in [2.75, 3.05) is 32.1 Å². The largest absolute Gasteiger partial charge is 0.497 e. The summed E-state index contributed by atoms with van der Waals surface area (Å²) in [6.07, 6.45) is 3.33. The lowest BCUT2D eigenvalue weighted by atomic mass is 9.75. The molecule has 5 nitrogen and oxygen atoms in total. The third-order valence-corrected chi connectivity index (χ3v) is 5.28. The maximum atomic E-state index is 12.0. The number of hydrogen-bond acceptors (Lipinski definition) is 4. The average Bonchev–Trinajstić information content (AvgIpc) is 2.61. The zero-order chi connectivity index (χ0) is 16.2. The summed E-state index contributed by atoms with van der Waals surface area (Å²) in [5.74, 6) is 2.40. The van der Waals surface area contributed by atoms with Gasteiger partial charge in [0.15, 0.2) is 0 Å². The molecule has 1 N–H and O–H groups in total. The fraction of sp³-hybridized carbons (Fsp3) is 0.611. The quantitative estimate of drug-likeness (QED) is 0.904. The van der Waals surface area contributed by atoms with E-state index in [1.165, 1.54) is 12.8 Å². The van der Waals surface area contributed by atoms with E-state index in [-0.39, 0.29) is 6.09 Å². The van der Waals surface area contributed by atoms with Crippen LogP contribution in [-0.4, -0.2) is 43.8 Å². The zero-order valence-corrected chi connectivity index (χ0v) is 14.0. The number of ether oxygens (including phenoxy) is 2. The van der Waals surface area contributed by atoms with Crippen LogP contribution in [0.4, 0.5) is 10.5 Å². The second kappa shape index (κ2) is 7.21. The topological polar surface area (TPSA) is 50.8 Å². The third-order valence-electron chi connectivity index (χ3n) is 5.28. The van der Waals surface area contributed by atoms with Gasteiger partial charge in [-0.3, -0.25) is 10.2 Å². The van der Waals surface area contributed by atoms with E-state index in [9.17, 15) is 4.79 Å². The molecular formula is C18H26N2O3. The van der Waals surface area contributed by atoms with E-state index < -0.39 is 0 Å². The maximum absolute atomic E-state index is 12.0. The summed E-state index contributed by atoms with van der Waals surface area (Å²) in [6, 6.07) is 7.62. The molecule has 1 aromatic carbocycles. The summed E-state index contributed by atoms with van der Waals surface area (Å²) in [7, 11) is 1.62. The summed E-state index contributed by atoms with van der Waals surface area (Å²) < 4.78 is 10.5. The molecule has 23 heavy (non-hydrogen) atoms. The molecule has 0 radical (unpaired) electrons. The van der Waals surface area contributed by atoms with Crippen molar-refractivity contribution in [3.63, 3.8) is 0 Å². The van der Waals surface area contributed by atoms with Crippen LogP contribution >= 0.6 is 0 Å². The van der Waals surface area contributed by atoms with E-state index in [1.807, 2.05) is 12.1 Å². The minimum Gasteiger partial charge on any atom is -0.497 e. The van der Waals surface area contributed by atoms with Crippen molar-refractivity contribution in [2.45, 2.75) is 32.2 Å². The summed E-state index contributed by atoms with van der Waals surface area (Å²) in [4.78, 5) is 14.4. The van der Waals surface area contributed by atoms with Crippen molar-refractivity contribution in [2.24, 2.45) is 11.8 Å². The van der Waals surface area contributed by atoms with Gasteiger partial charge in [-0.15, -0.1) is 0 Å². The number of nitrogens with zero attached hydrogens (tertiary/aromatic N) is 1. The number of nitrogens with one attached hydrogen (secondary N) is 1. The summed E-state index contributed by atoms with van der Waals surface area (Å²) in [5, 5.41) is 2.76. The van der Waals surface area contributed by atoms with Crippen LogP contribution in [0.25, 0.3) is 0 Å². The molecule has 4 atom stereocenters. The van der Waals surface area contributed by atoms with Gasteiger partial charge in [-0.2, -0.15) is 0 Å². The SMILES string of the molecule is CCC1CN2CCC1CC2COC(=O)Nc1ccc(OC)cc1. The lowest BCUT2D eigenvalue weighted by molar-refractivity contribution is -0.0240. The zero-order valence-electron chi connectivity index (χ0n) is 14.0. The number of piperidine rings is 3. The average molecular weight is 318 g/mol. The van der Waals surface area contributed by atoms with E-state index >= 15 is 0 Å². The van der Waals surface area contributed by atoms with Gasteiger partial charge < -0.3 is 9.47 Å². The van der Waals surface area contributed by atoms with E-state index in [2.05, 4.69) is 17.1 Å². The summed E-state index contributed by atoms with van der Waals surface area (Å²) in [5.41, 5.74) is 0.715. The van der Waals surface area contributed by atoms with Gasteiger partial charge in [0.2, 0.25) is 0 Å². The molecule has 3 heterocycles. The molecular weight excluding hydrogens is 292 g/mol. The van der Waals surface area contributed by atoms with Crippen LogP contribution < -0.4 is 10.1 Å². The molecule has 3 aliphatic rings. The van der Waals surface area contributed by atoms with Gasteiger partial charge in [0.1, 0.15) is 12.4 Å². The van der Waals surface area contributed by atoms with Crippen molar-refractivity contribution in [1.29, 1.82) is 0 Å². The number of methoxy groups -OCH3 is 1. The Morgan fingerprint density at radius 1 is 1.35 bits per heavy atom. The Morgan fingerprint density at radius 2 is 2.13 bits per heavy atom. The highest BCUT2D eigenvalue weighted by atomic mass is 16.5.